The van der Waals surface area contributed by atoms with Gasteiger partial charge in [0.05, 0.1) is 7.11 Å². The topological polar surface area (TPSA) is 228 Å². The number of aromatic amines is 1. The first-order valence-electron chi connectivity index (χ1n) is 20.8. The minimum atomic E-state index is -0.941. The number of alkyl carbamates (subject to hydrolysis) is 2. The molecule has 1 saturated carbocycles. The number of aryl methyl sites for hydroxylation is 1. The zero-order valence-electron chi connectivity index (χ0n) is 36.8. The molecule has 5 rings (SSSR count). The molecule has 0 aliphatic heterocycles. The molecule has 0 spiro atoms. The van der Waals surface area contributed by atoms with E-state index in [0.717, 1.165) is 35.1 Å². The van der Waals surface area contributed by atoms with Crippen molar-refractivity contribution in [2.45, 2.75) is 97.8 Å². The fraction of sp³-hybridized carbons (Fsp3) is 0.467. The number of ether oxygens (including phenoxy) is 3. The number of nitrogens with zero attached hydrogens (tertiary/aromatic N) is 3. The van der Waals surface area contributed by atoms with Crippen LogP contribution in [0.1, 0.15) is 88.7 Å². The summed E-state index contributed by atoms with van der Waals surface area (Å²) < 4.78 is 16.4. The van der Waals surface area contributed by atoms with E-state index in [9.17, 15) is 24.0 Å². The monoisotopic (exact) mass is 853 g/mol. The lowest BCUT2D eigenvalue weighted by Gasteiger charge is -2.29. The molecule has 17 nitrogen and oxygen atoms in total. The Balaban J connectivity index is 1.28. The number of aromatic nitrogens is 4. The van der Waals surface area contributed by atoms with E-state index in [1.807, 2.05) is 52.0 Å². The molecule has 6 N–H and O–H groups in total. The number of anilines is 1. The summed E-state index contributed by atoms with van der Waals surface area (Å²) in [4.78, 5) is 65.1. The van der Waals surface area contributed by atoms with Gasteiger partial charge in [-0.2, -0.15) is 5.21 Å². The lowest BCUT2D eigenvalue weighted by Crippen LogP contribution is -2.48. The Labute approximate surface area is 362 Å². The number of methoxy groups -OCH3 is 1. The van der Waals surface area contributed by atoms with E-state index in [2.05, 4.69) is 47.2 Å². The number of nitrogens with one attached hydrogen (secondary N) is 6. The molecule has 62 heavy (non-hydrogen) atoms. The highest BCUT2D eigenvalue weighted by Crippen LogP contribution is 2.34. The van der Waals surface area contributed by atoms with E-state index in [0.29, 0.717) is 47.8 Å². The van der Waals surface area contributed by atoms with E-state index < -0.39 is 35.3 Å². The van der Waals surface area contributed by atoms with Crippen molar-refractivity contribution in [1.82, 2.24) is 41.9 Å². The molecule has 0 saturated heterocycles. The average molecular weight is 854 g/mol. The van der Waals surface area contributed by atoms with Gasteiger partial charge < -0.3 is 40.8 Å². The minimum absolute atomic E-state index is 0.168. The number of hydrogen-bond acceptors (Lipinski definition) is 11. The number of carbonyl (C=O) groups is 5. The molecule has 1 heterocycles. The fourth-order valence-corrected chi connectivity index (χ4v) is 7.08. The number of H-pyrrole nitrogens is 1. The first-order chi connectivity index (χ1) is 29.4. The normalized spacial score (nSPS) is 15.7. The molecule has 4 aromatic rings. The van der Waals surface area contributed by atoms with Gasteiger partial charge >= 0.3 is 12.2 Å². The van der Waals surface area contributed by atoms with Crippen molar-refractivity contribution >= 4 is 35.6 Å². The Hall–Kier alpha value is -6.52. The standard InChI is InChI=1S/C45H59N9O8/c1-27-23-32(39(55)46-21-22-47-42(58)61-44(2,3)4)16-19-34(27)35-24-29(11-20-37(35)60-8)25-36(41(57)49-33-17-14-30(15-18-33)38-51-53-54-52-38)50-40(56)31-12-9-28(10-13-31)26-48-43(59)62-45(5,6)7/h11,14-20,23-24,28,31,36H,9-10,12-13,21-22,25-26H2,1-8H3,(H,46,55)(H,47,58)(H,48,59)(H,49,57)(H,50,56)(H,51,52,53,54)/t28?,31?,36-/m0/s1. The van der Waals surface area contributed by atoms with Crippen LogP contribution in [0.5, 0.6) is 5.75 Å². The highest BCUT2D eigenvalue weighted by molar-refractivity contribution is 5.98. The second-order valence-corrected chi connectivity index (χ2v) is 17.4. The van der Waals surface area contributed by atoms with Crippen LogP contribution in [0.4, 0.5) is 15.3 Å². The highest BCUT2D eigenvalue weighted by atomic mass is 16.6. The van der Waals surface area contributed by atoms with Crippen LogP contribution in [0.25, 0.3) is 22.5 Å². The van der Waals surface area contributed by atoms with Crippen LogP contribution in [0.15, 0.2) is 60.7 Å². The summed E-state index contributed by atoms with van der Waals surface area (Å²) in [5.74, 6) is -0.00158. The minimum Gasteiger partial charge on any atom is -0.496 e. The first-order valence-corrected chi connectivity index (χ1v) is 20.8. The number of tetrazole rings is 1. The molecule has 1 aliphatic carbocycles. The van der Waals surface area contributed by atoms with Gasteiger partial charge in [-0.05, 0) is 151 Å². The zero-order valence-corrected chi connectivity index (χ0v) is 36.8. The van der Waals surface area contributed by atoms with Crippen LogP contribution in [0.2, 0.25) is 0 Å². The molecule has 1 fully saturated rings. The maximum atomic E-state index is 14.1. The lowest BCUT2D eigenvalue weighted by molar-refractivity contribution is -0.130. The highest BCUT2D eigenvalue weighted by Gasteiger charge is 2.31. The maximum absolute atomic E-state index is 14.1. The Morgan fingerprint density at radius 3 is 2.06 bits per heavy atom. The largest absolute Gasteiger partial charge is 0.496 e. The molecule has 3 aromatic carbocycles. The summed E-state index contributed by atoms with van der Waals surface area (Å²) in [6, 6.07) is 17.0. The number of hydrogen-bond donors (Lipinski definition) is 6. The van der Waals surface area contributed by atoms with Crippen LogP contribution in [0, 0.1) is 18.8 Å². The molecule has 5 amide bonds. The molecule has 332 valence electrons. The third kappa shape index (κ3) is 14.0. The van der Waals surface area contributed by atoms with Crippen LogP contribution in [-0.2, 0) is 25.5 Å². The summed E-state index contributed by atoms with van der Waals surface area (Å²) in [5, 5.41) is 28.3. The predicted molar refractivity (Wildman–Crippen MR) is 233 cm³/mol. The molecule has 17 heteroatoms. The van der Waals surface area contributed by atoms with E-state index in [-0.39, 0.29) is 43.2 Å². The number of amides is 5. The van der Waals surface area contributed by atoms with E-state index in [4.69, 9.17) is 14.2 Å². The first kappa shape index (κ1) is 46.5. The van der Waals surface area contributed by atoms with Crippen molar-refractivity contribution in [1.29, 1.82) is 0 Å². The predicted octanol–water partition coefficient (Wildman–Crippen LogP) is 6.10. The SMILES string of the molecule is COc1ccc(C[C@H](NC(=O)C2CCC(CNC(=O)OC(C)(C)C)CC2)C(=O)Nc2ccc(-c3nn[nH]n3)cc2)cc1-c1ccc(C(=O)NCCNC(=O)OC(C)(C)C)cc1C. The van der Waals surface area contributed by atoms with Crippen molar-refractivity contribution in [3.63, 3.8) is 0 Å². The molecular formula is C45H59N9O8. The van der Waals surface area contributed by atoms with Crippen LogP contribution >= 0.6 is 0 Å². The lowest BCUT2D eigenvalue weighted by atomic mass is 9.81. The van der Waals surface area contributed by atoms with Crippen LogP contribution in [-0.4, -0.2) is 94.5 Å². The average Bonchev–Trinajstić information content (AvgIpc) is 3.76. The third-order valence-corrected chi connectivity index (χ3v) is 10.1. The Morgan fingerprint density at radius 2 is 1.45 bits per heavy atom. The fourth-order valence-electron chi connectivity index (χ4n) is 7.08. The summed E-state index contributed by atoms with van der Waals surface area (Å²) in [6.45, 7) is 13.5. The Bertz CT molecular complexity index is 2170. The van der Waals surface area contributed by atoms with Crippen LogP contribution < -0.4 is 31.3 Å². The summed E-state index contributed by atoms with van der Waals surface area (Å²) in [6.07, 6.45) is 1.85. The van der Waals surface area contributed by atoms with Gasteiger partial charge in [-0.25, -0.2) is 9.59 Å². The molecule has 0 bridgehead atoms. The Kier molecular flexibility index (Phi) is 15.6. The summed E-state index contributed by atoms with van der Waals surface area (Å²) in [5.41, 5.74) is 3.60. The quantitative estimate of drug-likeness (QED) is 0.0749. The summed E-state index contributed by atoms with van der Waals surface area (Å²) in [7, 11) is 1.57. The molecule has 1 aliphatic rings. The van der Waals surface area contributed by atoms with Gasteiger partial charge in [0, 0.05) is 54.4 Å². The van der Waals surface area contributed by atoms with Crippen molar-refractivity contribution in [3.8, 4) is 28.3 Å². The third-order valence-electron chi connectivity index (χ3n) is 10.1. The van der Waals surface area contributed by atoms with Gasteiger partial charge in [0.2, 0.25) is 17.6 Å². The van der Waals surface area contributed by atoms with Gasteiger partial charge in [-0.3, -0.25) is 14.4 Å². The number of rotatable bonds is 15. The number of carbonyl (C=O) groups excluding carboxylic acids is 5. The molecule has 1 aromatic heterocycles. The van der Waals surface area contributed by atoms with Gasteiger partial charge in [-0.15, -0.1) is 10.2 Å². The van der Waals surface area contributed by atoms with Crippen molar-refractivity contribution in [3.05, 3.63) is 77.4 Å². The van der Waals surface area contributed by atoms with Crippen molar-refractivity contribution in [2.75, 3.05) is 32.1 Å². The molecule has 0 radical (unpaired) electrons. The molecular weight excluding hydrogens is 795 g/mol. The van der Waals surface area contributed by atoms with E-state index >= 15 is 0 Å². The van der Waals surface area contributed by atoms with Crippen molar-refractivity contribution in [2.24, 2.45) is 11.8 Å². The molecule has 1 atom stereocenters. The smallest absolute Gasteiger partial charge is 0.407 e. The zero-order chi connectivity index (χ0) is 45.0. The Morgan fingerprint density at radius 1 is 0.790 bits per heavy atom. The maximum Gasteiger partial charge on any atom is 0.407 e. The van der Waals surface area contributed by atoms with Gasteiger partial charge in [0.1, 0.15) is 23.0 Å². The van der Waals surface area contributed by atoms with E-state index in [1.54, 1.807) is 64.3 Å². The van der Waals surface area contributed by atoms with Crippen molar-refractivity contribution < 1.29 is 38.2 Å². The van der Waals surface area contributed by atoms with Crippen LogP contribution in [0.3, 0.4) is 0 Å². The van der Waals surface area contributed by atoms with Gasteiger partial charge in [0.25, 0.3) is 5.91 Å². The molecule has 0 unspecified atom stereocenters. The van der Waals surface area contributed by atoms with Gasteiger partial charge in [-0.1, -0.05) is 12.1 Å². The number of benzene rings is 3. The summed E-state index contributed by atoms with van der Waals surface area (Å²) >= 11 is 0. The van der Waals surface area contributed by atoms with Gasteiger partial charge in [0.15, 0.2) is 0 Å². The second kappa shape index (κ2) is 20.8. The second-order valence-electron chi connectivity index (χ2n) is 17.4. The van der Waals surface area contributed by atoms with E-state index in [1.165, 1.54) is 0 Å².